The molecule has 0 aliphatic carbocycles. The van der Waals surface area contributed by atoms with E-state index < -0.39 is 0 Å². The Morgan fingerprint density at radius 2 is 0.597 bits per heavy atom. The molecule has 72 heavy (non-hydrogen) atoms. The minimum absolute atomic E-state index is 0.00454. The summed E-state index contributed by atoms with van der Waals surface area (Å²) in [7, 11) is 0. The summed E-state index contributed by atoms with van der Waals surface area (Å²) in [6.45, 7) is 8.09. The van der Waals surface area contributed by atoms with Crippen LogP contribution in [0.25, 0.3) is 0 Å². The van der Waals surface area contributed by atoms with Crippen molar-refractivity contribution in [1.29, 1.82) is 0 Å². The summed E-state index contributed by atoms with van der Waals surface area (Å²) in [5.41, 5.74) is 0. The Hall–Kier alpha value is -6.30. The summed E-state index contributed by atoms with van der Waals surface area (Å²) < 4.78 is 99.6. The van der Waals surface area contributed by atoms with Crippen molar-refractivity contribution in [3.63, 3.8) is 0 Å². The van der Waals surface area contributed by atoms with Gasteiger partial charge in [0.05, 0.1) is 119 Å². The van der Waals surface area contributed by atoms with E-state index >= 15 is 0 Å². The fourth-order valence-corrected chi connectivity index (χ4v) is 4.72. The van der Waals surface area contributed by atoms with Crippen LogP contribution in [0.3, 0.4) is 0 Å². The largest absolute Gasteiger partial charge is 0.461 e. The van der Waals surface area contributed by atoms with Crippen LogP contribution >= 0.6 is 0 Å². The van der Waals surface area contributed by atoms with Gasteiger partial charge in [-0.2, -0.15) is 0 Å². The SMILES string of the molecule is C(C#CCOCCOCCOc1nc2nc(n1)OCCOCCOCC#CC#CCOCCOCCO2)#CCOCCOCCOc1nc2nc(n1)OCCOCCOCC#CC#CCOCCOCCO2. The van der Waals surface area contributed by atoms with Crippen molar-refractivity contribution in [2.75, 3.05) is 198 Å². The normalized spacial score (nSPS) is 16.1. The maximum atomic E-state index is 5.66. The number of aromatic nitrogens is 6. The van der Waals surface area contributed by atoms with Crippen LogP contribution in [-0.2, 0) is 56.8 Å². The first-order valence-electron chi connectivity index (χ1n) is 22.9. The second-order valence-corrected chi connectivity index (χ2v) is 13.3. The van der Waals surface area contributed by atoms with Gasteiger partial charge in [-0.05, 0) is 35.5 Å². The van der Waals surface area contributed by atoms with Gasteiger partial charge < -0.3 is 85.3 Å². The van der Waals surface area contributed by atoms with Crippen molar-refractivity contribution in [2.24, 2.45) is 0 Å². The Labute approximate surface area is 419 Å². The van der Waals surface area contributed by atoms with E-state index in [0.29, 0.717) is 79.3 Å². The predicted octanol–water partition coefficient (Wildman–Crippen LogP) is -0.724. The van der Waals surface area contributed by atoms with Crippen molar-refractivity contribution in [1.82, 2.24) is 29.9 Å². The van der Waals surface area contributed by atoms with E-state index in [1.54, 1.807) is 0 Å². The molecule has 24 heteroatoms. The summed E-state index contributed by atoms with van der Waals surface area (Å²) in [6.07, 6.45) is 0. The van der Waals surface area contributed by atoms with Crippen LogP contribution in [0.15, 0.2) is 0 Å². The van der Waals surface area contributed by atoms with E-state index in [4.69, 9.17) is 85.3 Å². The lowest BCUT2D eigenvalue weighted by molar-refractivity contribution is 0.0402. The standard InChI is InChI=1S/C48H60N6O18/c1-2-8-14-56-20-26-62-32-38-68-44-49-43(67-37-31-61-25-19-55-13-7-1)51-47(52-44)71-41-35-65-29-23-59-17-11-5-6-12-18-60-24-30-66-36-42-72-48-53-45-50-46(54-48)70-40-34-64-28-22-58-16-10-4-3-9-15-57-21-27-63-33-39-69-45/h13-42H2. The monoisotopic (exact) mass is 1010 g/mol. The van der Waals surface area contributed by atoms with E-state index in [1.165, 1.54) is 0 Å². The topological polar surface area (TPSA) is 243 Å². The molecule has 24 nitrogen and oxygen atoms in total. The quantitative estimate of drug-likeness (QED) is 0.149. The Kier molecular flexibility index (Phi) is 35.2. The average molecular weight is 1010 g/mol. The lowest BCUT2D eigenvalue weighted by Gasteiger charge is -2.11. The zero-order valence-corrected chi connectivity index (χ0v) is 40.2. The first-order chi connectivity index (χ1) is 35.8. The van der Waals surface area contributed by atoms with Crippen LogP contribution in [0, 0.1) is 71.0 Å². The third-order valence-corrected chi connectivity index (χ3v) is 7.90. The van der Waals surface area contributed by atoms with Crippen molar-refractivity contribution in [3.8, 4) is 107 Å². The predicted molar refractivity (Wildman–Crippen MR) is 249 cm³/mol. The van der Waals surface area contributed by atoms with Gasteiger partial charge in [0, 0.05) is 0 Å². The zero-order valence-electron chi connectivity index (χ0n) is 40.2. The van der Waals surface area contributed by atoms with Crippen LogP contribution in [0.2, 0.25) is 0 Å². The third kappa shape index (κ3) is 33.3. The maximum absolute atomic E-state index is 5.66. The molecular formula is C48H60N6O18. The van der Waals surface area contributed by atoms with Crippen LogP contribution in [0.1, 0.15) is 0 Å². The average Bonchev–Trinajstić information content (AvgIpc) is 3.38. The highest BCUT2D eigenvalue weighted by Gasteiger charge is 2.13. The van der Waals surface area contributed by atoms with Gasteiger partial charge in [-0.25, -0.2) is 0 Å². The van der Waals surface area contributed by atoms with Gasteiger partial charge in [-0.3, -0.25) is 0 Å². The molecule has 0 saturated heterocycles. The van der Waals surface area contributed by atoms with Crippen molar-refractivity contribution >= 4 is 0 Å². The van der Waals surface area contributed by atoms with Gasteiger partial charge in [0.1, 0.15) is 79.3 Å². The highest BCUT2D eigenvalue weighted by atomic mass is 16.6. The molecule has 0 fully saturated rings. The molecule has 2 aromatic rings. The molecule has 4 rings (SSSR count). The molecule has 0 saturated carbocycles. The smallest absolute Gasteiger partial charge is 0.325 e. The maximum Gasteiger partial charge on any atom is 0.325 e. The molecule has 0 N–H and O–H groups in total. The minimum atomic E-state index is 0.00454. The van der Waals surface area contributed by atoms with Crippen molar-refractivity contribution in [2.45, 2.75) is 0 Å². The molecule has 2 aliphatic heterocycles. The van der Waals surface area contributed by atoms with Crippen LogP contribution < -0.4 is 28.4 Å². The molecule has 0 atom stereocenters. The first-order valence-corrected chi connectivity index (χ1v) is 22.9. The Morgan fingerprint density at radius 3 is 0.931 bits per heavy atom. The number of fused-ring (bicyclic) bond motifs is 4. The number of hydrogen-bond acceptors (Lipinski definition) is 24. The van der Waals surface area contributed by atoms with Gasteiger partial charge in [-0.15, -0.1) is 29.9 Å². The van der Waals surface area contributed by atoms with E-state index in [1.807, 2.05) is 0 Å². The summed E-state index contributed by atoms with van der Waals surface area (Å²) >= 11 is 0. The Bertz CT molecular complexity index is 1900. The number of hydrogen-bond donors (Lipinski definition) is 0. The van der Waals surface area contributed by atoms with Crippen molar-refractivity contribution < 1.29 is 85.3 Å². The lowest BCUT2D eigenvalue weighted by Crippen LogP contribution is -2.16. The lowest BCUT2D eigenvalue weighted by atomic mass is 10.5. The van der Waals surface area contributed by atoms with Crippen LogP contribution in [0.5, 0.6) is 36.1 Å². The summed E-state index contributed by atoms with van der Waals surface area (Å²) in [6, 6.07) is 0.0589. The molecule has 0 unspecified atom stereocenters. The summed E-state index contributed by atoms with van der Waals surface area (Å²) in [4.78, 5) is 25.2. The van der Waals surface area contributed by atoms with E-state index in [9.17, 15) is 0 Å². The molecular weight excluding hydrogens is 949 g/mol. The van der Waals surface area contributed by atoms with Gasteiger partial charge in [0.25, 0.3) is 0 Å². The first kappa shape index (κ1) is 58.3. The third-order valence-electron chi connectivity index (χ3n) is 7.90. The van der Waals surface area contributed by atoms with E-state index in [2.05, 4.69) is 101 Å². The van der Waals surface area contributed by atoms with E-state index in [-0.39, 0.29) is 155 Å². The molecule has 4 heterocycles. The fraction of sp³-hybridized carbons (Fsp3) is 0.625. The van der Waals surface area contributed by atoms with Gasteiger partial charge >= 0.3 is 36.1 Å². The summed E-state index contributed by atoms with van der Waals surface area (Å²) in [5.74, 6) is 33.1. The van der Waals surface area contributed by atoms with Crippen LogP contribution in [-0.4, -0.2) is 228 Å². The van der Waals surface area contributed by atoms with Crippen LogP contribution in [0.4, 0.5) is 0 Å². The molecule has 4 bridgehead atoms. The number of nitrogens with zero attached hydrogens (tertiary/aromatic N) is 6. The molecule has 0 amide bonds. The highest BCUT2D eigenvalue weighted by molar-refractivity contribution is 5.27. The van der Waals surface area contributed by atoms with Gasteiger partial charge in [0.15, 0.2) is 0 Å². The molecule has 0 radical (unpaired) electrons. The highest BCUT2D eigenvalue weighted by Crippen LogP contribution is 2.16. The molecule has 2 aliphatic rings. The number of ether oxygens (including phenoxy) is 18. The molecule has 0 spiro atoms. The Morgan fingerprint density at radius 1 is 0.319 bits per heavy atom. The fourth-order valence-electron chi connectivity index (χ4n) is 4.72. The second-order valence-electron chi connectivity index (χ2n) is 13.3. The minimum Gasteiger partial charge on any atom is -0.461 e. The number of rotatable bonds is 16. The molecule has 2 aromatic heterocycles. The van der Waals surface area contributed by atoms with Gasteiger partial charge in [-0.1, -0.05) is 35.5 Å². The zero-order chi connectivity index (χ0) is 50.1. The van der Waals surface area contributed by atoms with E-state index in [0.717, 1.165) is 0 Å². The van der Waals surface area contributed by atoms with Crippen molar-refractivity contribution in [3.05, 3.63) is 0 Å². The van der Waals surface area contributed by atoms with Gasteiger partial charge in [0.2, 0.25) is 0 Å². The Balaban J connectivity index is 1.01. The second kappa shape index (κ2) is 43.5. The molecule has 390 valence electrons. The molecule has 0 aromatic carbocycles. The summed E-state index contributed by atoms with van der Waals surface area (Å²) in [5, 5.41) is 0.